The lowest BCUT2D eigenvalue weighted by Crippen LogP contribution is -2.27. The monoisotopic (exact) mass is 311 g/mol. The van der Waals surface area contributed by atoms with Crippen LogP contribution in [0, 0.1) is 5.41 Å². The van der Waals surface area contributed by atoms with Crippen LogP contribution in [0.1, 0.15) is 50.8 Å². The molecule has 1 aromatic heterocycles. The number of hydrogen-bond acceptors (Lipinski definition) is 4. The number of hydrogen-bond donors (Lipinski definition) is 0. The van der Waals surface area contributed by atoms with Crippen molar-refractivity contribution in [3.63, 3.8) is 0 Å². The van der Waals surface area contributed by atoms with Crippen LogP contribution in [0.3, 0.4) is 0 Å². The van der Waals surface area contributed by atoms with Crippen molar-refractivity contribution in [3.8, 4) is 11.4 Å². The predicted octanol–water partition coefficient (Wildman–Crippen LogP) is 4.11. The minimum absolute atomic E-state index is 0.371. The first-order chi connectivity index (χ1) is 11.3. The maximum absolute atomic E-state index is 5.73. The molecule has 23 heavy (non-hydrogen) atoms. The third-order valence-corrected chi connectivity index (χ3v) is 5.63. The molecule has 0 amide bonds. The highest BCUT2D eigenvalue weighted by molar-refractivity contribution is 5.53. The SMILES string of the molecule is CCCN1CC(c2nc(-c3ccccc3)no2)C2(CCCC2)C1. The van der Waals surface area contributed by atoms with Crippen molar-refractivity contribution in [2.45, 2.75) is 44.9 Å². The van der Waals surface area contributed by atoms with Gasteiger partial charge in [0, 0.05) is 18.7 Å². The molecule has 1 spiro atoms. The predicted molar refractivity (Wildman–Crippen MR) is 90.1 cm³/mol. The molecule has 2 heterocycles. The molecule has 122 valence electrons. The van der Waals surface area contributed by atoms with Crippen molar-refractivity contribution >= 4 is 0 Å². The average Bonchev–Trinajstić information content (AvgIpc) is 3.30. The van der Waals surface area contributed by atoms with Gasteiger partial charge in [-0.15, -0.1) is 0 Å². The van der Waals surface area contributed by atoms with Gasteiger partial charge in [0.1, 0.15) is 0 Å². The van der Waals surface area contributed by atoms with E-state index in [9.17, 15) is 0 Å². The van der Waals surface area contributed by atoms with Gasteiger partial charge >= 0.3 is 0 Å². The summed E-state index contributed by atoms with van der Waals surface area (Å²) in [5, 5.41) is 4.25. The lowest BCUT2D eigenvalue weighted by molar-refractivity contribution is 0.229. The van der Waals surface area contributed by atoms with E-state index in [0.29, 0.717) is 11.3 Å². The van der Waals surface area contributed by atoms with Crippen LogP contribution < -0.4 is 0 Å². The maximum atomic E-state index is 5.73. The second kappa shape index (κ2) is 6.08. The van der Waals surface area contributed by atoms with Gasteiger partial charge in [-0.3, -0.25) is 0 Å². The minimum atomic E-state index is 0.371. The zero-order valence-corrected chi connectivity index (χ0v) is 13.9. The molecule has 1 unspecified atom stereocenters. The molecule has 4 nitrogen and oxygen atoms in total. The first-order valence-corrected chi connectivity index (χ1v) is 8.92. The summed E-state index contributed by atoms with van der Waals surface area (Å²) in [6.07, 6.45) is 6.51. The normalized spacial score (nSPS) is 23.8. The zero-order valence-electron chi connectivity index (χ0n) is 13.9. The highest BCUT2D eigenvalue weighted by atomic mass is 16.5. The summed E-state index contributed by atoms with van der Waals surface area (Å²) in [7, 11) is 0. The van der Waals surface area contributed by atoms with Crippen molar-refractivity contribution in [2.24, 2.45) is 5.41 Å². The lowest BCUT2D eigenvalue weighted by Gasteiger charge is -2.27. The molecule has 0 N–H and O–H groups in total. The van der Waals surface area contributed by atoms with E-state index in [0.717, 1.165) is 23.8 Å². The standard InChI is InChI=1S/C19H25N3O/c1-2-12-22-13-16(19(14-22)10-6-7-11-19)18-20-17(21-23-18)15-8-4-3-5-9-15/h3-5,8-9,16H,2,6-7,10-14H2,1H3. The van der Waals surface area contributed by atoms with Crippen molar-refractivity contribution in [2.75, 3.05) is 19.6 Å². The summed E-state index contributed by atoms with van der Waals surface area (Å²) in [4.78, 5) is 7.37. The van der Waals surface area contributed by atoms with Crippen LogP contribution >= 0.6 is 0 Å². The Balaban J connectivity index is 1.62. The Morgan fingerprint density at radius 2 is 2.00 bits per heavy atom. The first kappa shape index (κ1) is 14.9. The van der Waals surface area contributed by atoms with Gasteiger partial charge in [0.05, 0.1) is 5.92 Å². The Morgan fingerprint density at radius 3 is 2.74 bits per heavy atom. The van der Waals surface area contributed by atoms with Crippen LogP contribution in [-0.2, 0) is 0 Å². The number of rotatable bonds is 4. The lowest BCUT2D eigenvalue weighted by atomic mass is 9.76. The number of benzene rings is 1. The van der Waals surface area contributed by atoms with Gasteiger partial charge in [0.15, 0.2) is 0 Å². The molecular weight excluding hydrogens is 286 g/mol. The molecule has 1 aliphatic carbocycles. The third kappa shape index (κ3) is 2.69. The van der Waals surface area contributed by atoms with E-state index in [-0.39, 0.29) is 0 Å². The average molecular weight is 311 g/mol. The highest BCUT2D eigenvalue weighted by Crippen LogP contribution is 2.53. The number of likely N-dealkylation sites (tertiary alicyclic amines) is 1. The molecule has 2 fully saturated rings. The van der Waals surface area contributed by atoms with Crippen LogP contribution in [0.15, 0.2) is 34.9 Å². The Hall–Kier alpha value is -1.68. The largest absolute Gasteiger partial charge is 0.339 e. The first-order valence-electron chi connectivity index (χ1n) is 8.92. The molecule has 4 heteroatoms. The van der Waals surface area contributed by atoms with Gasteiger partial charge in [-0.1, -0.05) is 55.3 Å². The van der Waals surface area contributed by atoms with Gasteiger partial charge in [0.2, 0.25) is 11.7 Å². The van der Waals surface area contributed by atoms with Crippen molar-refractivity contribution < 1.29 is 4.52 Å². The molecule has 1 aromatic carbocycles. The van der Waals surface area contributed by atoms with E-state index < -0.39 is 0 Å². The fourth-order valence-corrected chi connectivity index (χ4v) is 4.57. The van der Waals surface area contributed by atoms with Crippen LogP contribution in [0.5, 0.6) is 0 Å². The van der Waals surface area contributed by atoms with E-state index in [4.69, 9.17) is 9.51 Å². The van der Waals surface area contributed by atoms with Gasteiger partial charge in [-0.25, -0.2) is 0 Å². The number of nitrogens with zero attached hydrogens (tertiary/aromatic N) is 3. The molecule has 0 radical (unpaired) electrons. The molecule has 1 saturated carbocycles. The molecule has 2 aromatic rings. The molecule has 1 aliphatic heterocycles. The van der Waals surface area contributed by atoms with Crippen LogP contribution in [-0.4, -0.2) is 34.7 Å². The van der Waals surface area contributed by atoms with Crippen LogP contribution in [0.4, 0.5) is 0 Å². The maximum Gasteiger partial charge on any atom is 0.231 e. The number of aromatic nitrogens is 2. The van der Waals surface area contributed by atoms with Gasteiger partial charge in [0.25, 0.3) is 0 Å². The van der Waals surface area contributed by atoms with Crippen molar-refractivity contribution in [1.29, 1.82) is 0 Å². The molecule has 2 aliphatic rings. The van der Waals surface area contributed by atoms with Crippen LogP contribution in [0.25, 0.3) is 11.4 Å². The zero-order chi connectivity index (χ0) is 15.7. The summed E-state index contributed by atoms with van der Waals surface area (Å²) in [5.74, 6) is 1.98. The summed E-state index contributed by atoms with van der Waals surface area (Å²) < 4.78 is 5.73. The minimum Gasteiger partial charge on any atom is -0.339 e. The van der Waals surface area contributed by atoms with Gasteiger partial charge in [-0.05, 0) is 31.2 Å². The fourth-order valence-electron chi connectivity index (χ4n) is 4.57. The molecule has 0 bridgehead atoms. The second-order valence-electron chi connectivity index (χ2n) is 7.18. The molecule has 1 saturated heterocycles. The van der Waals surface area contributed by atoms with E-state index in [1.165, 1.54) is 45.2 Å². The van der Waals surface area contributed by atoms with E-state index in [1.54, 1.807) is 0 Å². The summed E-state index contributed by atoms with van der Waals surface area (Å²) in [6, 6.07) is 10.1. The molecule has 1 atom stereocenters. The fraction of sp³-hybridized carbons (Fsp3) is 0.579. The Labute approximate surface area is 137 Å². The summed E-state index contributed by atoms with van der Waals surface area (Å²) in [6.45, 7) is 5.71. The van der Waals surface area contributed by atoms with Gasteiger partial charge in [-0.2, -0.15) is 4.98 Å². The van der Waals surface area contributed by atoms with Crippen LogP contribution in [0.2, 0.25) is 0 Å². The second-order valence-corrected chi connectivity index (χ2v) is 7.18. The van der Waals surface area contributed by atoms with Gasteiger partial charge < -0.3 is 9.42 Å². The Kier molecular flexibility index (Phi) is 3.93. The smallest absolute Gasteiger partial charge is 0.231 e. The third-order valence-electron chi connectivity index (χ3n) is 5.63. The van der Waals surface area contributed by atoms with Crippen molar-refractivity contribution in [1.82, 2.24) is 15.0 Å². The highest BCUT2D eigenvalue weighted by Gasteiger charge is 2.50. The topological polar surface area (TPSA) is 42.2 Å². The van der Waals surface area contributed by atoms with Crippen molar-refractivity contribution in [3.05, 3.63) is 36.2 Å². The summed E-state index contributed by atoms with van der Waals surface area (Å²) >= 11 is 0. The summed E-state index contributed by atoms with van der Waals surface area (Å²) in [5.41, 5.74) is 1.40. The quantitative estimate of drug-likeness (QED) is 0.852. The van der Waals surface area contributed by atoms with E-state index in [1.807, 2.05) is 30.3 Å². The van der Waals surface area contributed by atoms with E-state index >= 15 is 0 Å². The Bertz CT molecular complexity index is 646. The molecule has 4 rings (SSSR count). The van der Waals surface area contributed by atoms with E-state index in [2.05, 4.69) is 17.0 Å². The molecular formula is C19H25N3O. The Morgan fingerprint density at radius 1 is 1.22 bits per heavy atom.